The number of nitriles is 1. The van der Waals surface area contributed by atoms with Gasteiger partial charge in [0, 0.05) is 6.04 Å². The Labute approximate surface area is 68.6 Å². The highest BCUT2D eigenvalue weighted by Gasteiger charge is 2.24. The van der Waals surface area contributed by atoms with Crippen LogP contribution in [0.25, 0.3) is 0 Å². The van der Waals surface area contributed by atoms with Gasteiger partial charge in [-0.3, -0.25) is 0 Å². The maximum absolute atomic E-state index is 8.37. The monoisotopic (exact) mass is 152 g/mol. The molecule has 1 rings (SSSR count). The first-order chi connectivity index (χ1) is 5.38. The van der Waals surface area contributed by atoms with E-state index in [1.54, 1.807) is 0 Å². The van der Waals surface area contributed by atoms with E-state index in [9.17, 15) is 0 Å². The Balaban J connectivity index is 2.27. The van der Waals surface area contributed by atoms with Gasteiger partial charge in [0.1, 0.15) is 0 Å². The van der Waals surface area contributed by atoms with Gasteiger partial charge in [0.05, 0.1) is 12.6 Å². The van der Waals surface area contributed by atoms with Gasteiger partial charge >= 0.3 is 0 Å². The Morgan fingerprint density at radius 2 is 2.36 bits per heavy atom. The molecule has 0 aromatic rings. The fourth-order valence-electron chi connectivity index (χ4n) is 1.97. The van der Waals surface area contributed by atoms with Crippen LogP contribution in [-0.2, 0) is 0 Å². The molecule has 0 aromatic heterocycles. The Bertz CT molecular complexity index is 148. The van der Waals surface area contributed by atoms with Gasteiger partial charge in [-0.15, -0.1) is 0 Å². The molecule has 1 aliphatic rings. The van der Waals surface area contributed by atoms with E-state index >= 15 is 0 Å². The van der Waals surface area contributed by atoms with E-state index in [1.807, 2.05) is 0 Å². The van der Waals surface area contributed by atoms with Crippen LogP contribution in [0.5, 0.6) is 0 Å². The second-order valence-electron chi connectivity index (χ2n) is 3.24. The molecule has 0 aromatic carbocycles. The minimum atomic E-state index is 0.515. The fraction of sp³-hybridized carbons (Fsp3) is 0.889. The molecule has 1 aliphatic carbocycles. The SMILES string of the molecule is CCC1CCCC1NCC#N. The summed E-state index contributed by atoms with van der Waals surface area (Å²) in [5, 5.41) is 11.6. The summed E-state index contributed by atoms with van der Waals surface area (Å²) in [7, 11) is 0. The maximum Gasteiger partial charge on any atom is 0.0843 e. The lowest BCUT2D eigenvalue weighted by atomic mass is 10.0. The third kappa shape index (κ3) is 2.20. The van der Waals surface area contributed by atoms with Crippen LogP contribution in [-0.4, -0.2) is 12.6 Å². The van der Waals surface area contributed by atoms with E-state index in [-0.39, 0.29) is 0 Å². The van der Waals surface area contributed by atoms with E-state index in [2.05, 4.69) is 18.3 Å². The molecular weight excluding hydrogens is 136 g/mol. The van der Waals surface area contributed by atoms with Gasteiger partial charge in [0.25, 0.3) is 0 Å². The van der Waals surface area contributed by atoms with E-state index in [4.69, 9.17) is 5.26 Å². The van der Waals surface area contributed by atoms with Gasteiger partial charge in [0.15, 0.2) is 0 Å². The minimum Gasteiger partial charge on any atom is -0.301 e. The summed E-state index contributed by atoms with van der Waals surface area (Å²) in [5.41, 5.74) is 0. The first-order valence-corrected chi connectivity index (χ1v) is 4.48. The number of nitrogens with zero attached hydrogens (tertiary/aromatic N) is 1. The van der Waals surface area contributed by atoms with Crippen molar-refractivity contribution in [3.05, 3.63) is 0 Å². The van der Waals surface area contributed by atoms with E-state index in [0.29, 0.717) is 12.6 Å². The van der Waals surface area contributed by atoms with Gasteiger partial charge in [-0.2, -0.15) is 5.26 Å². The van der Waals surface area contributed by atoms with Crippen molar-refractivity contribution in [1.29, 1.82) is 5.26 Å². The van der Waals surface area contributed by atoms with Crippen LogP contribution in [0.3, 0.4) is 0 Å². The molecule has 0 aliphatic heterocycles. The summed E-state index contributed by atoms with van der Waals surface area (Å²) in [5.74, 6) is 0.823. The first kappa shape index (κ1) is 8.55. The zero-order valence-electron chi connectivity index (χ0n) is 7.14. The summed E-state index contributed by atoms with van der Waals surface area (Å²) in [6.45, 7) is 2.75. The smallest absolute Gasteiger partial charge is 0.0843 e. The maximum atomic E-state index is 8.37. The van der Waals surface area contributed by atoms with Crippen molar-refractivity contribution in [3.63, 3.8) is 0 Å². The number of rotatable bonds is 3. The molecule has 0 heterocycles. The van der Waals surface area contributed by atoms with Crippen LogP contribution in [0.4, 0.5) is 0 Å². The van der Waals surface area contributed by atoms with Crippen molar-refractivity contribution in [1.82, 2.24) is 5.32 Å². The molecule has 1 N–H and O–H groups in total. The summed E-state index contributed by atoms with van der Waals surface area (Å²) in [4.78, 5) is 0. The van der Waals surface area contributed by atoms with E-state index in [0.717, 1.165) is 5.92 Å². The molecule has 1 saturated carbocycles. The van der Waals surface area contributed by atoms with Crippen molar-refractivity contribution in [2.45, 2.75) is 38.6 Å². The Hall–Kier alpha value is -0.550. The minimum absolute atomic E-state index is 0.515. The second kappa shape index (κ2) is 4.35. The number of hydrogen-bond acceptors (Lipinski definition) is 2. The van der Waals surface area contributed by atoms with E-state index in [1.165, 1.54) is 25.7 Å². The summed E-state index contributed by atoms with van der Waals surface area (Å²) in [6, 6.07) is 2.75. The molecule has 0 amide bonds. The van der Waals surface area contributed by atoms with Crippen molar-refractivity contribution >= 4 is 0 Å². The van der Waals surface area contributed by atoms with Crippen LogP contribution in [0.15, 0.2) is 0 Å². The summed E-state index contributed by atoms with van der Waals surface area (Å²) >= 11 is 0. The number of hydrogen-bond donors (Lipinski definition) is 1. The normalized spacial score (nSPS) is 30.2. The van der Waals surface area contributed by atoms with Gasteiger partial charge in [0.2, 0.25) is 0 Å². The van der Waals surface area contributed by atoms with Gasteiger partial charge in [-0.1, -0.05) is 19.8 Å². The quantitative estimate of drug-likeness (QED) is 0.624. The van der Waals surface area contributed by atoms with Crippen LogP contribution >= 0.6 is 0 Å². The highest BCUT2D eigenvalue weighted by atomic mass is 14.9. The molecule has 0 bridgehead atoms. The van der Waals surface area contributed by atoms with Crippen molar-refractivity contribution < 1.29 is 0 Å². The average molecular weight is 152 g/mol. The largest absolute Gasteiger partial charge is 0.301 e. The fourth-order valence-corrected chi connectivity index (χ4v) is 1.97. The molecule has 0 saturated heterocycles. The molecule has 1 fully saturated rings. The third-order valence-corrected chi connectivity index (χ3v) is 2.63. The molecule has 0 spiro atoms. The molecule has 0 radical (unpaired) electrons. The predicted octanol–water partition coefficient (Wildman–Crippen LogP) is 1.68. The van der Waals surface area contributed by atoms with Crippen LogP contribution in [0.2, 0.25) is 0 Å². The highest BCUT2D eigenvalue weighted by molar-refractivity contribution is 4.85. The molecular formula is C9H16N2. The standard InChI is InChI=1S/C9H16N2/c1-2-8-4-3-5-9(8)11-7-6-10/h8-9,11H,2-5,7H2,1H3. The van der Waals surface area contributed by atoms with Gasteiger partial charge in [-0.25, -0.2) is 0 Å². The van der Waals surface area contributed by atoms with Crippen LogP contribution in [0.1, 0.15) is 32.6 Å². The second-order valence-corrected chi connectivity index (χ2v) is 3.24. The molecule has 62 valence electrons. The molecule has 2 atom stereocenters. The Morgan fingerprint density at radius 3 is 3.00 bits per heavy atom. The lowest BCUT2D eigenvalue weighted by Gasteiger charge is -2.17. The van der Waals surface area contributed by atoms with Crippen LogP contribution < -0.4 is 5.32 Å². The molecule has 2 unspecified atom stereocenters. The van der Waals surface area contributed by atoms with Crippen molar-refractivity contribution in [3.8, 4) is 6.07 Å². The zero-order valence-corrected chi connectivity index (χ0v) is 7.14. The highest BCUT2D eigenvalue weighted by Crippen LogP contribution is 2.27. The predicted molar refractivity (Wildman–Crippen MR) is 45.0 cm³/mol. The van der Waals surface area contributed by atoms with Crippen molar-refractivity contribution in [2.75, 3.05) is 6.54 Å². The lowest BCUT2D eigenvalue weighted by molar-refractivity contribution is 0.405. The Morgan fingerprint density at radius 1 is 1.55 bits per heavy atom. The topological polar surface area (TPSA) is 35.8 Å². The lowest BCUT2D eigenvalue weighted by Crippen LogP contribution is -2.32. The van der Waals surface area contributed by atoms with Crippen molar-refractivity contribution in [2.24, 2.45) is 5.92 Å². The summed E-state index contributed by atoms with van der Waals surface area (Å²) in [6.07, 6.45) is 5.20. The van der Waals surface area contributed by atoms with E-state index < -0.39 is 0 Å². The number of nitrogens with one attached hydrogen (secondary N) is 1. The summed E-state index contributed by atoms with van der Waals surface area (Å²) < 4.78 is 0. The third-order valence-electron chi connectivity index (χ3n) is 2.63. The zero-order chi connectivity index (χ0) is 8.10. The van der Waals surface area contributed by atoms with Gasteiger partial charge in [-0.05, 0) is 18.8 Å². The molecule has 11 heavy (non-hydrogen) atoms. The van der Waals surface area contributed by atoms with Crippen LogP contribution in [0, 0.1) is 17.2 Å². The first-order valence-electron chi connectivity index (χ1n) is 4.48. The Kier molecular flexibility index (Phi) is 3.38. The molecule has 2 heteroatoms. The molecule has 2 nitrogen and oxygen atoms in total. The average Bonchev–Trinajstić information content (AvgIpc) is 2.47. The van der Waals surface area contributed by atoms with Gasteiger partial charge < -0.3 is 5.32 Å².